The Kier molecular flexibility index (Phi) is 7.40. The SMILES string of the molecule is CC1CCC2(C(=O)O)CCC3C(=CCC4C3(C)CCC3C4(C)CC[C@@H](C(=O)C4OC(C)C(O)C(O)C4O)C3(C)C)C2C1. The van der Waals surface area contributed by atoms with E-state index in [2.05, 4.69) is 40.7 Å². The number of rotatable bonds is 3. The Hall–Kier alpha value is -1.28. The number of ether oxygens (including phenoxy) is 1. The molecule has 0 aromatic rings. The maximum absolute atomic E-state index is 14.0. The second-order valence-corrected chi connectivity index (χ2v) is 16.6. The number of aliphatic hydroxyl groups excluding tert-OH is 3. The Balaban J connectivity index is 1.28. The first kappa shape index (κ1) is 30.7. The standard InChI is InChI=1S/C35H54O7/c1-18-9-15-35(31(40)41)16-11-21-20(23(35)17-18)7-8-25-33(21,5)14-12-24-32(3,4)22(10-13-34(24,25)6)27(37)30-29(39)28(38)26(36)19(2)42-30/h7,18-19,21-26,28-30,36,38-39H,8-17H2,1-6H3,(H,40,41)/t18?,19?,21?,22-,23?,24?,25?,26?,28?,29?,30?,33?,34?,35?/m0/s1. The number of aliphatic carboxylic acids is 1. The van der Waals surface area contributed by atoms with E-state index in [1.807, 2.05) is 0 Å². The molecule has 6 rings (SSSR count). The lowest BCUT2D eigenvalue weighted by Gasteiger charge is -2.68. The highest BCUT2D eigenvalue weighted by Gasteiger charge is 2.66. The van der Waals surface area contributed by atoms with E-state index in [0.29, 0.717) is 30.1 Å². The van der Waals surface area contributed by atoms with Gasteiger partial charge in [0.05, 0.1) is 11.5 Å². The fourth-order valence-electron chi connectivity index (χ4n) is 12.1. The quantitative estimate of drug-likeness (QED) is 0.337. The predicted octanol–water partition coefficient (Wildman–Crippen LogP) is 5.15. The van der Waals surface area contributed by atoms with Crippen LogP contribution in [0.1, 0.15) is 106 Å². The van der Waals surface area contributed by atoms with Crippen LogP contribution < -0.4 is 0 Å². The summed E-state index contributed by atoms with van der Waals surface area (Å²) in [5, 5.41) is 41.8. The highest BCUT2D eigenvalue weighted by molar-refractivity contribution is 5.87. The van der Waals surface area contributed by atoms with Crippen molar-refractivity contribution in [3.63, 3.8) is 0 Å². The maximum atomic E-state index is 14.0. The minimum Gasteiger partial charge on any atom is -0.481 e. The second-order valence-electron chi connectivity index (χ2n) is 16.6. The van der Waals surface area contributed by atoms with Gasteiger partial charge in [-0.1, -0.05) is 46.3 Å². The topological polar surface area (TPSA) is 124 Å². The molecule has 0 amide bonds. The number of ketones is 1. The van der Waals surface area contributed by atoms with E-state index in [9.17, 15) is 30.0 Å². The van der Waals surface area contributed by atoms with Gasteiger partial charge in [-0.15, -0.1) is 0 Å². The predicted molar refractivity (Wildman–Crippen MR) is 158 cm³/mol. The molecule has 6 aliphatic rings. The number of fused-ring (bicyclic) bond motifs is 7. The van der Waals surface area contributed by atoms with Crippen molar-refractivity contribution in [3.8, 4) is 0 Å². The first-order chi connectivity index (χ1) is 19.6. The van der Waals surface area contributed by atoms with Crippen LogP contribution in [0, 0.1) is 57.2 Å². The summed E-state index contributed by atoms with van der Waals surface area (Å²) >= 11 is 0. The van der Waals surface area contributed by atoms with Crippen LogP contribution in [0.15, 0.2) is 11.6 Å². The minimum atomic E-state index is -1.43. The Morgan fingerprint density at radius 3 is 2.17 bits per heavy atom. The normalized spacial score (nSPS) is 53.5. The van der Waals surface area contributed by atoms with Crippen LogP contribution in [0.5, 0.6) is 0 Å². The highest BCUT2D eigenvalue weighted by Crippen LogP contribution is 2.72. The number of hydrogen-bond acceptors (Lipinski definition) is 6. The van der Waals surface area contributed by atoms with Gasteiger partial charge in [0.15, 0.2) is 5.78 Å². The molecule has 13 unspecified atom stereocenters. The number of hydrogen-bond donors (Lipinski definition) is 4. The summed E-state index contributed by atoms with van der Waals surface area (Å²) in [4.78, 5) is 26.7. The molecule has 4 saturated carbocycles. The molecule has 1 heterocycles. The molecule has 0 aromatic carbocycles. The Morgan fingerprint density at radius 1 is 0.810 bits per heavy atom. The fraction of sp³-hybridized carbons (Fsp3) is 0.886. The van der Waals surface area contributed by atoms with Gasteiger partial charge >= 0.3 is 5.97 Å². The van der Waals surface area contributed by atoms with Crippen LogP contribution in [-0.4, -0.2) is 62.7 Å². The molecule has 0 bridgehead atoms. The molecule has 14 atom stereocenters. The summed E-state index contributed by atoms with van der Waals surface area (Å²) in [5.74, 6) is 0.922. The maximum Gasteiger partial charge on any atom is 0.310 e. The van der Waals surface area contributed by atoms with Gasteiger partial charge in [-0.05, 0) is 117 Å². The van der Waals surface area contributed by atoms with Gasteiger partial charge in [0.2, 0.25) is 0 Å². The van der Waals surface area contributed by atoms with E-state index in [4.69, 9.17) is 4.74 Å². The molecular formula is C35H54O7. The number of carbonyl (C=O) groups excluding carboxylic acids is 1. The molecule has 236 valence electrons. The van der Waals surface area contributed by atoms with Crippen LogP contribution in [0.2, 0.25) is 0 Å². The van der Waals surface area contributed by atoms with Crippen LogP contribution in [-0.2, 0) is 14.3 Å². The van der Waals surface area contributed by atoms with Crippen molar-refractivity contribution >= 4 is 11.8 Å². The monoisotopic (exact) mass is 586 g/mol. The van der Waals surface area contributed by atoms with E-state index < -0.39 is 41.9 Å². The van der Waals surface area contributed by atoms with E-state index >= 15 is 0 Å². The molecule has 5 aliphatic carbocycles. The Morgan fingerprint density at radius 2 is 1.48 bits per heavy atom. The molecule has 0 aromatic heterocycles. The third-order valence-electron chi connectivity index (χ3n) is 14.5. The van der Waals surface area contributed by atoms with E-state index in [1.165, 1.54) is 5.57 Å². The summed E-state index contributed by atoms with van der Waals surface area (Å²) in [5.41, 5.74) is 0.716. The lowest BCUT2D eigenvalue weighted by molar-refractivity contribution is -0.223. The number of allylic oxidation sites excluding steroid dienone is 2. The fourth-order valence-corrected chi connectivity index (χ4v) is 12.1. The van der Waals surface area contributed by atoms with E-state index in [-0.39, 0.29) is 33.9 Å². The average molecular weight is 587 g/mol. The molecule has 7 nitrogen and oxygen atoms in total. The van der Waals surface area contributed by atoms with Crippen LogP contribution in [0.4, 0.5) is 0 Å². The largest absolute Gasteiger partial charge is 0.481 e. The zero-order valence-corrected chi connectivity index (χ0v) is 26.5. The highest BCUT2D eigenvalue weighted by atomic mass is 16.5. The number of carbonyl (C=O) groups is 2. The molecule has 0 spiro atoms. The summed E-state index contributed by atoms with van der Waals surface area (Å²) in [6.07, 6.45) is 5.86. The second kappa shape index (κ2) is 10.1. The lowest BCUT2D eigenvalue weighted by Crippen LogP contribution is -2.64. The van der Waals surface area contributed by atoms with Crippen molar-refractivity contribution < 1.29 is 34.8 Å². The van der Waals surface area contributed by atoms with Gasteiger partial charge in [-0.3, -0.25) is 9.59 Å². The van der Waals surface area contributed by atoms with Crippen molar-refractivity contribution in [2.24, 2.45) is 57.2 Å². The number of carboxylic acids is 1. The van der Waals surface area contributed by atoms with Crippen molar-refractivity contribution in [2.75, 3.05) is 0 Å². The van der Waals surface area contributed by atoms with Gasteiger partial charge in [0.25, 0.3) is 0 Å². The van der Waals surface area contributed by atoms with Gasteiger partial charge in [0.1, 0.15) is 24.4 Å². The molecule has 4 N–H and O–H groups in total. The van der Waals surface area contributed by atoms with Crippen molar-refractivity contribution in [1.82, 2.24) is 0 Å². The Labute approximate surface area is 251 Å². The molecule has 1 aliphatic heterocycles. The van der Waals surface area contributed by atoms with Crippen molar-refractivity contribution in [3.05, 3.63) is 11.6 Å². The minimum absolute atomic E-state index is 0.0472. The summed E-state index contributed by atoms with van der Waals surface area (Å²) in [7, 11) is 0. The summed E-state index contributed by atoms with van der Waals surface area (Å²) in [6, 6.07) is 0. The third kappa shape index (κ3) is 4.11. The van der Waals surface area contributed by atoms with Crippen LogP contribution in [0.3, 0.4) is 0 Å². The molecule has 5 fully saturated rings. The van der Waals surface area contributed by atoms with Crippen LogP contribution >= 0.6 is 0 Å². The summed E-state index contributed by atoms with van der Waals surface area (Å²) < 4.78 is 5.83. The summed E-state index contributed by atoms with van der Waals surface area (Å²) in [6.45, 7) is 13.3. The molecular weight excluding hydrogens is 532 g/mol. The number of Topliss-reactive ketones (excluding diaryl/α,β-unsaturated/α-hetero) is 1. The molecule has 7 heteroatoms. The van der Waals surface area contributed by atoms with Gasteiger partial charge < -0.3 is 25.2 Å². The zero-order valence-electron chi connectivity index (χ0n) is 26.5. The Bertz CT molecular complexity index is 1150. The zero-order chi connectivity index (χ0) is 30.6. The average Bonchev–Trinajstić information content (AvgIpc) is 2.92. The first-order valence-electron chi connectivity index (χ1n) is 16.8. The van der Waals surface area contributed by atoms with Crippen molar-refractivity contribution in [2.45, 2.75) is 136 Å². The smallest absolute Gasteiger partial charge is 0.310 e. The van der Waals surface area contributed by atoms with Gasteiger partial charge in [-0.2, -0.15) is 0 Å². The molecule has 0 radical (unpaired) electrons. The van der Waals surface area contributed by atoms with Gasteiger partial charge in [0, 0.05) is 5.92 Å². The number of aliphatic hydroxyl groups is 3. The lowest BCUT2D eigenvalue weighted by atomic mass is 9.36. The van der Waals surface area contributed by atoms with E-state index in [1.54, 1.807) is 6.92 Å². The number of carboxylic acid groups (broad SMARTS) is 1. The van der Waals surface area contributed by atoms with Gasteiger partial charge in [-0.25, -0.2) is 0 Å². The van der Waals surface area contributed by atoms with Crippen LogP contribution in [0.25, 0.3) is 0 Å². The molecule has 1 saturated heterocycles. The molecule has 42 heavy (non-hydrogen) atoms. The van der Waals surface area contributed by atoms with Crippen molar-refractivity contribution in [1.29, 1.82) is 0 Å². The third-order valence-corrected chi connectivity index (χ3v) is 14.5. The van der Waals surface area contributed by atoms with E-state index in [0.717, 1.165) is 57.8 Å². The first-order valence-corrected chi connectivity index (χ1v) is 16.8.